The van der Waals surface area contributed by atoms with Gasteiger partial charge in [0.2, 0.25) is 0 Å². The molecule has 0 aliphatic rings. The van der Waals surface area contributed by atoms with Gasteiger partial charge < -0.3 is 4.74 Å². The van der Waals surface area contributed by atoms with Crippen LogP contribution in [0.1, 0.15) is 6.92 Å². The highest BCUT2D eigenvalue weighted by atomic mass is 79.9. The molecule has 0 aliphatic carbocycles. The van der Waals surface area contributed by atoms with Crippen molar-refractivity contribution in [3.05, 3.63) is 25.6 Å². The van der Waals surface area contributed by atoms with Crippen molar-refractivity contribution in [2.45, 2.75) is 6.92 Å². The predicted molar refractivity (Wildman–Crippen MR) is 60.7 cm³/mol. The molecule has 66 valence electrons. The van der Waals surface area contributed by atoms with Crippen LogP contribution in [0.3, 0.4) is 0 Å². The Bertz CT molecular complexity index is 263. The van der Waals surface area contributed by atoms with Gasteiger partial charge in [0, 0.05) is 4.47 Å². The van der Waals surface area contributed by atoms with Crippen LogP contribution >= 0.6 is 47.8 Å². The summed E-state index contributed by atoms with van der Waals surface area (Å²) in [6.45, 7) is 2.62. The lowest BCUT2D eigenvalue weighted by Gasteiger charge is -2.08. The molecule has 0 saturated heterocycles. The number of hydrogen-bond acceptors (Lipinski definition) is 1. The Balaban J connectivity index is 3.10. The molecule has 0 fully saturated rings. The molecule has 0 radical (unpaired) electrons. The molecule has 1 nitrogen and oxygen atoms in total. The van der Waals surface area contributed by atoms with Gasteiger partial charge in [0.1, 0.15) is 5.75 Å². The molecule has 1 rings (SSSR count). The molecular formula is C8H7Br3O. The number of hydrogen-bond donors (Lipinski definition) is 0. The van der Waals surface area contributed by atoms with E-state index in [1.807, 2.05) is 19.1 Å². The molecule has 0 N–H and O–H groups in total. The van der Waals surface area contributed by atoms with Crippen LogP contribution in [-0.4, -0.2) is 6.61 Å². The zero-order valence-electron chi connectivity index (χ0n) is 6.40. The van der Waals surface area contributed by atoms with E-state index in [0.717, 1.165) is 19.2 Å². The molecule has 0 bridgehead atoms. The third kappa shape index (κ3) is 2.47. The van der Waals surface area contributed by atoms with Crippen molar-refractivity contribution >= 4 is 47.8 Å². The Morgan fingerprint density at radius 2 is 1.67 bits per heavy atom. The summed E-state index contributed by atoms with van der Waals surface area (Å²) in [6.07, 6.45) is 0. The summed E-state index contributed by atoms with van der Waals surface area (Å²) in [7, 11) is 0. The van der Waals surface area contributed by atoms with Gasteiger partial charge in [0.15, 0.2) is 0 Å². The maximum absolute atomic E-state index is 5.41. The van der Waals surface area contributed by atoms with Crippen molar-refractivity contribution in [3.63, 3.8) is 0 Å². The molecule has 0 unspecified atom stereocenters. The molecule has 0 aromatic heterocycles. The quantitative estimate of drug-likeness (QED) is 0.762. The smallest absolute Gasteiger partial charge is 0.147 e. The third-order valence-corrected chi connectivity index (χ3v) is 2.89. The van der Waals surface area contributed by atoms with E-state index in [1.54, 1.807) is 0 Å². The number of benzene rings is 1. The second-order valence-electron chi connectivity index (χ2n) is 2.13. The van der Waals surface area contributed by atoms with Crippen LogP contribution in [0.2, 0.25) is 0 Å². The zero-order valence-corrected chi connectivity index (χ0v) is 11.2. The average molecular weight is 359 g/mol. The van der Waals surface area contributed by atoms with E-state index in [0.29, 0.717) is 6.61 Å². The van der Waals surface area contributed by atoms with E-state index in [1.165, 1.54) is 0 Å². The van der Waals surface area contributed by atoms with Gasteiger partial charge in [-0.1, -0.05) is 15.9 Å². The van der Waals surface area contributed by atoms with Crippen molar-refractivity contribution in [2.75, 3.05) is 6.61 Å². The summed E-state index contributed by atoms with van der Waals surface area (Å²) in [4.78, 5) is 0. The van der Waals surface area contributed by atoms with Gasteiger partial charge in [-0.3, -0.25) is 0 Å². The van der Waals surface area contributed by atoms with Gasteiger partial charge in [-0.2, -0.15) is 0 Å². The van der Waals surface area contributed by atoms with E-state index in [4.69, 9.17) is 4.74 Å². The standard InChI is InChI=1S/C8H7Br3O/c1-2-12-8-6(10)3-5(9)4-7(8)11/h3-4H,2H2,1H3. The maximum atomic E-state index is 5.41. The first-order valence-electron chi connectivity index (χ1n) is 3.42. The highest BCUT2D eigenvalue weighted by molar-refractivity contribution is 9.11. The van der Waals surface area contributed by atoms with Crippen LogP contribution in [0, 0.1) is 0 Å². The Labute approximate surface area is 96.9 Å². The molecule has 0 atom stereocenters. The van der Waals surface area contributed by atoms with Crippen molar-refractivity contribution in [3.8, 4) is 5.75 Å². The monoisotopic (exact) mass is 356 g/mol. The minimum Gasteiger partial charge on any atom is -0.492 e. The normalized spacial score (nSPS) is 10.0. The molecule has 0 aliphatic heterocycles. The highest BCUT2D eigenvalue weighted by Crippen LogP contribution is 2.36. The number of rotatable bonds is 2. The van der Waals surface area contributed by atoms with Gasteiger partial charge in [-0.25, -0.2) is 0 Å². The SMILES string of the molecule is CCOc1c(Br)cc(Br)cc1Br. The van der Waals surface area contributed by atoms with E-state index < -0.39 is 0 Å². The summed E-state index contributed by atoms with van der Waals surface area (Å²) in [5, 5.41) is 0. The molecule has 1 aromatic carbocycles. The molecule has 0 amide bonds. The zero-order chi connectivity index (χ0) is 9.14. The average Bonchev–Trinajstić information content (AvgIpc) is 1.96. The highest BCUT2D eigenvalue weighted by Gasteiger charge is 2.06. The van der Waals surface area contributed by atoms with Crippen molar-refractivity contribution < 1.29 is 4.74 Å². The van der Waals surface area contributed by atoms with Gasteiger partial charge >= 0.3 is 0 Å². The van der Waals surface area contributed by atoms with Crippen LogP contribution in [0.5, 0.6) is 5.75 Å². The first-order chi connectivity index (χ1) is 5.65. The topological polar surface area (TPSA) is 9.23 Å². The second-order valence-corrected chi connectivity index (χ2v) is 4.76. The molecule has 12 heavy (non-hydrogen) atoms. The van der Waals surface area contributed by atoms with E-state index in [2.05, 4.69) is 47.8 Å². The van der Waals surface area contributed by atoms with Crippen LogP contribution in [0.4, 0.5) is 0 Å². The first-order valence-corrected chi connectivity index (χ1v) is 5.80. The Morgan fingerprint density at radius 3 is 2.08 bits per heavy atom. The van der Waals surface area contributed by atoms with Crippen LogP contribution in [-0.2, 0) is 0 Å². The Hall–Kier alpha value is 0.460. The summed E-state index contributed by atoms with van der Waals surface area (Å²) in [6, 6.07) is 3.91. The van der Waals surface area contributed by atoms with Crippen LogP contribution in [0.25, 0.3) is 0 Å². The predicted octanol–water partition coefficient (Wildman–Crippen LogP) is 4.37. The minimum atomic E-state index is 0.666. The van der Waals surface area contributed by atoms with E-state index >= 15 is 0 Å². The van der Waals surface area contributed by atoms with Crippen LogP contribution in [0.15, 0.2) is 25.6 Å². The van der Waals surface area contributed by atoms with Gasteiger partial charge in [-0.05, 0) is 50.9 Å². The molecular weight excluding hydrogens is 352 g/mol. The summed E-state index contributed by atoms with van der Waals surface area (Å²) >= 11 is 10.2. The fraction of sp³-hybridized carbons (Fsp3) is 0.250. The summed E-state index contributed by atoms with van der Waals surface area (Å²) in [5.74, 6) is 0.848. The Kier molecular flexibility index (Phi) is 4.06. The largest absolute Gasteiger partial charge is 0.492 e. The fourth-order valence-electron chi connectivity index (χ4n) is 0.811. The van der Waals surface area contributed by atoms with Crippen molar-refractivity contribution in [1.29, 1.82) is 0 Å². The van der Waals surface area contributed by atoms with Gasteiger partial charge in [-0.15, -0.1) is 0 Å². The van der Waals surface area contributed by atoms with Crippen LogP contribution < -0.4 is 4.74 Å². The molecule has 0 spiro atoms. The maximum Gasteiger partial charge on any atom is 0.147 e. The third-order valence-electron chi connectivity index (χ3n) is 1.25. The van der Waals surface area contributed by atoms with E-state index in [-0.39, 0.29) is 0 Å². The second kappa shape index (κ2) is 4.63. The molecule has 0 heterocycles. The molecule has 0 saturated carbocycles. The van der Waals surface area contributed by atoms with E-state index in [9.17, 15) is 0 Å². The van der Waals surface area contributed by atoms with Crippen molar-refractivity contribution in [1.82, 2.24) is 0 Å². The summed E-state index contributed by atoms with van der Waals surface area (Å²) < 4.78 is 8.33. The number of ether oxygens (including phenoxy) is 1. The lowest BCUT2D eigenvalue weighted by Crippen LogP contribution is -1.93. The lowest BCUT2D eigenvalue weighted by molar-refractivity contribution is 0.336. The fourth-order valence-corrected chi connectivity index (χ4v) is 3.30. The van der Waals surface area contributed by atoms with Gasteiger partial charge in [0.05, 0.1) is 15.6 Å². The Morgan fingerprint density at radius 1 is 1.17 bits per heavy atom. The van der Waals surface area contributed by atoms with Gasteiger partial charge in [0.25, 0.3) is 0 Å². The minimum absolute atomic E-state index is 0.666. The number of halogens is 3. The lowest BCUT2D eigenvalue weighted by atomic mass is 10.3. The summed E-state index contributed by atoms with van der Waals surface area (Å²) in [5.41, 5.74) is 0. The first kappa shape index (κ1) is 10.5. The molecule has 4 heteroatoms. The molecule has 1 aromatic rings. The van der Waals surface area contributed by atoms with Crippen molar-refractivity contribution in [2.24, 2.45) is 0 Å².